The summed E-state index contributed by atoms with van der Waals surface area (Å²) in [6, 6.07) is 3.57. The molecule has 1 aromatic carbocycles. The van der Waals surface area contributed by atoms with E-state index in [1.54, 1.807) is 13.2 Å². The second-order valence-corrected chi connectivity index (χ2v) is 6.69. The summed E-state index contributed by atoms with van der Waals surface area (Å²) in [7, 11) is 3.47. The highest BCUT2D eigenvalue weighted by Gasteiger charge is 2.41. The largest absolute Gasteiger partial charge is 0.475 e. The molecule has 0 spiro atoms. The van der Waals surface area contributed by atoms with Gasteiger partial charge in [-0.1, -0.05) is 0 Å². The molecule has 3 rings (SSSR count). The van der Waals surface area contributed by atoms with Crippen molar-refractivity contribution in [2.45, 2.75) is 18.7 Å². The zero-order valence-electron chi connectivity index (χ0n) is 15.9. The van der Waals surface area contributed by atoms with E-state index in [2.05, 4.69) is 5.32 Å². The Kier molecular flexibility index (Phi) is 6.14. The van der Waals surface area contributed by atoms with Crippen LogP contribution in [-0.2, 0) is 16.1 Å². The topological polar surface area (TPSA) is 107 Å². The van der Waals surface area contributed by atoms with Gasteiger partial charge in [0.2, 0.25) is 6.10 Å². The summed E-state index contributed by atoms with van der Waals surface area (Å²) in [5.74, 6) is -3.25. The van der Waals surface area contributed by atoms with E-state index < -0.39 is 35.6 Å². The van der Waals surface area contributed by atoms with Crippen LogP contribution in [0.2, 0.25) is 0 Å². The molecule has 10 heteroatoms. The number of benzene rings is 1. The summed E-state index contributed by atoms with van der Waals surface area (Å²) in [6.07, 6.45) is -1.38. The number of amides is 2. The van der Waals surface area contributed by atoms with Gasteiger partial charge < -0.3 is 24.9 Å². The van der Waals surface area contributed by atoms with Crippen LogP contribution in [0, 0.1) is 11.6 Å². The van der Waals surface area contributed by atoms with E-state index in [4.69, 9.17) is 19.6 Å². The lowest BCUT2D eigenvalue weighted by Gasteiger charge is -2.17. The average Bonchev–Trinajstić information content (AvgIpc) is 3.25. The predicted octanol–water partition coefficient (Wildman–Crippen LogP) is 1.35. The molecule has 0 aliphatic carbocycles. The summed E-state index contributed by atoms with van der Waals surface area (Å²) in [5, 5.41) is 2.51. The van der Waals surface area contributed by atoms with Crippen molar-refractivity contribution in [3.05, 3.63) is 53.0 Å². The van der Waals surface area contributed by atoms with Gasteiger partial charge in [-0.15, -0.1) is 0 Å². The Morgan fingerprint density at radius 1 is 1.31 bits per heavy atom. The standard InChI is InChI=1S/C19H21F2N3O5/c1-24(5-6-27-2)9-11-3-4-14(28-11)19(26)23-15-12-7-10(20)8-13(21)16(12)29-17(15)18(22)25/h3-4,7-8,15,17H,5-6,9H2,1-2H3,(H2,22,25)(H,23,26). The highest BCUT2D eigenvalue weighted by atomic mass is 19.1. The third-order valence-electron chi connectivity index (χ3n) is 4.48. The molecule has 2 amide bonds. The van der Waals surface area contributed by atoms with Crippen LogP contribution in [-0.4, -0.2) is 50.1 Å². The summed E-state index contributed by atoms with van der Waals surface area (Å²) >= 11 is 0. The molecule has 156 valence electrons. The lowest BCUT2D eigenvalue weighted by Crippen LogP contribution is -2.43. The molecule has 2 atom stereocenters. The van der Waals surface area contributed by atoms with Crippen LogP contribution in [0.25, 0.3) is 0 Å². The number of fused-ring (bicyclic) bond motifs is 1. The SMILES string of the molecule is COCCN(C)Cc1ccc(C(=O)NC2c3cc(F)cc(F)c3OC2C(N)=O)o1. The first-order chi connectivity index (χ1) is 13.8. The number of halogens is 2. The number of carbonyl (C=O) groups excluding carboxylic acids is 2. The molecular formula is C19H21F2N3O5. The van der Waals surface area contributed by atoms with Crippen LogP contribution in [0.3, 0.4) is 0 Å². The number of nitrogens with two attached hydrogens (primary N) is 1. The first-order valence-electron chi connectivity index (χ1n) is 8.82. The fourth-order valence-corrected chi connectivity index (χ4v) is 3.06. The van der Waals surface area contributed by atoms with Crippen molar-refractivity contribution in [2.75, 3.05) is 27.3 Å². The van der Waals surface area contributed by atoms with E-state index in [1.807, 2.05) is 11.9 Å². The Hall–Kier alpha value is -2.98. The van der Waals surface area contributed by atoms with Gasteiger partial charge in [0.25, 0.3) is 11.8 Å². The number of ether oxygens (including phenoxy) is 2. The maximum atomic E-state index is 14.0. The van der Waals surface area contributed by atoms with Crippen molar-refractivity contribution in [2.24, 2.45) is 5.73 Å². The van der Waals surface area contributed by atoms with Gasteiger partial charge in [0, 0.05) is 25.3 Å². The van der Waals surface area contributed by atoms with Crippen LogP contribution in [0.1, 0.15) is 27.9 Å². The van der Waals surface area contributed by atoms with E-state index in [9.17, 15) is 18.4 Å². The Morgan fingerprint density at radius 2 is 2.07 bits per heavy atom. The zero-order valence-corrected chi connectivity index (χ0v) is 15.9. The molecule has 2 unspecified atom stereocenters. The van der Waals surface area contributed by atoms with Gasteiger partial charge in [-0.3, -0.25) is 14.5 Å². The number of nitrogens with zero attached hydrogens (tertiary/aromatic N) is 1. The molecule has 2 heterocycles. The van der Waals surface area contributed by atoms with Gasteiger partial charge in [0.15, 0.2) is 17.3 Å². The van der Waals surface area contributed by atoms with Gasteiger partial charge in [0.1, 0.15) is 17.6 Å². The number of hydrogen-bond acceptors (Lipinski definition) is 6. The molecule has 0 fully saturated rings. The monoisotopic (exact) mass is 409 g/mol. The molecule has 2 aromatic rings. The minimum atomic E-state index is -1.38. The number of hydrogen-bond donors (Lipinski definition) is 2. The second kappa shape index (κ2) is 8.58. The van der Waals surface area contributed by atoms with Gasteiger partial charge in [-0.25, -0.2) is 8.78 Å². The van der Waals surface area contributed by atoms with Crippen molar-refractivity contribution < 1.29 is 32.3 Å². The molecule has 1 aromatic heterocycles. The predicted molar refractivity (Wildman–Crippen MR) is 97.1 cm³/mol. The van der Waals surface area contributed by atoms with Crippen molar-refractivity contribution in [3.63, 3.8) is 0 Å². The number of likely N-dealkylation sites (N-methyl/N-ethyl adjacent to an activating group) is 1. The Morgan fingerprint density at radius 3 is 2.76 bits per heavy atom. The van der Waals surface area contributed by atoms with E-state index in [0.717, 1.165) is 6.07 Å². The second-order valence-electron chi connectivity index (χ2n) is 6.69. The normalized spacial score (nSPS) is 17.8. The lowest BCUT2D eigenvalue weighted by atomic mass is 10.0. The quantitative estimate of drug-likeness (QED) is 0.682. The number of nitrogens with one attached hydrogen (secondary N) is 1. The van der Waals surface area contributed by atoms with Gasteiger partial charge in [-0.2, -0.15) is 0 Å². The Labute approximate surface area is 165 Å². The highest BCUT2D eigenvalue weighted by molar-refractivity contribution is 5.93. The van der Waals surface area contributed by atoms with Crippen LogP contribution in [0.4, 0.5) is 8.78 Å². The fourth-order valence-electron chi connectivity index (χ4n) is 3.06. The van der Waals surface area contributed by atoms with Crippen molar-refractivity contribution in [1.82, 2.24) is 10.2 Å². The molecule has 29 heavy (non-hydrogen) atoms. The first kappa shape index (κ1) is 20.7. The number of carbonyl (C=O) groups is 2. The maximum absolute atomic E-state index is 14.0. The minimum absolute atomic E-state index is 0.00858. The van der Waals surface area contributed by atoms with E-state index in [1.165, 1.54) is 6.07 Å². The lowest BCUT2D eigenvalue weighted by molar-refractivity contribution is -0.125. The summed E-state index contributed by atoms with van der Waals surface area (Å²) in [5.41, 5.74) is 5.29. The van der Waals surface area contributed by atoms with Gasteiger partial charge in [-0.05, 0) is 25.2 Å². The van der Waals surface area contributed by atoms with Crippen molar-refractivity contribution in [1.29, 1.82) is 0 Å². The third kappa shape index (κ3) is 4.54. The van der Waals surface area contributed by atoms with Crippen molar-refractivity contribution in [3.8, 4) is 5.75 Å². The fraction of sp³-hybridized carbons (Fsp3) is 0.368. The molecule has 0 radical (unpaired) electrons. The Balaban J connectivity index is 1.75. The van der Waals surface area contributed by atoms with Crippen LogP contribution in [0.5, 0.6) is 5.75 Å². The van der Waals surface area contributed by atoms with Crippen LogP contribution in [0.15, 0.2) is 28.7 Å². The van der Waals surface area contributed by atoms with E-state index >= 15 is 0 Å². The molecule has 1 aliphatic rings. The minimum Gasteiger partial charge on any atom is -0.475 e. The van der Waals surface area contributed by atoms with E-state index in [-0.39, 0.29) is 17.1 Å². The molecule has 0 saturated carbocycles. The van der Waals surface area contributed by atoms with E-state index in [0.29, 0.717) is 31.5 Å². The number of furan rings is 1. The molecule has 1 aliphatic heterocycles. The smallest absolute Gasteiger partial charge is 0.287 e. The molecule has 3 N–H and O–H groups in total. The number of methoxy groups -OCH3 is 1. The molecule has 8 nitrogen and oxygen atoms in total. The average molecular weight is 409 g/mol. The Bertz CT molecular complexity index is 917. The third-order valence-corrected chi connectivity index (χ3v) is 4.48. The zero-order chi connectivity index (χ0) is 21.1. The molecule has 0 saturated heterocycles. The van der Waals surface area contributed by atoms with Gasteiger partial charge >= 0.3 is 0 Å². The first-order valence-corrected chi connectivity index (χ1v) is 8.82. The molecular weight excluding hydrogens is 388 g/mol. The molecule has 0 bridgehead atoms. The summed E-state index contributed by atoms with van der Waals surface area (Å²) in [6.45, 7) is 1.67. The summed E-state index contributed by atoms with van der Waals surface area (Å²) in [4.78, 5) is 26.2. The highest BCUT2D eigenvalue weighted by Crippen LogP contribution is 2.39. The number of rotatable bonds is 8. The van der Waals surface area contributed by atoms with Crippen LogP contribution >= 0.6 is 0 Å². The maximum Gasteiger partial charge on any atom is 0.287 e. The van der Waals surface area contributed by atoms with Crippen molar-refractivity contribution >= 4 is 11.8 Å². The number of primary amides is 1. The van der Waals surface area contributed by atoms with Crippen LogP contribution < -0.4 is 15.8 Å². The van der Waals surface area contributed by atoms with Gasteiger partial charge in [0.05, 0.1) is 13.2 Å². The summed E-state index contributed by atoms with van der Waals surface area (Å²) < 4.78 is 43.4.